The molecule has 1 aliphatic carbocycles. The minimum Gasteiger partial charge on any atom is -0.386 e. The lowest BCUT2D eigenvalue weighted by Gasteiger charge is -2.37. The molecule has 0 aliphatic heterocycles. The van der Waals surface area contributed by atoms with Gasteiger partial charge in [-0.3, -0.25) is 0 Å². The maximum Gasteiger partial charge on any atom is 0.0843 e. The van der Waals surface area contributed by atoms with Crippen LogP contribution in [0.2, 0.25) is 0 Å². The third kappa shape index (κ3) is 2.53. The molecule has 0 unspecified atom stereocenters. The first-order valence-corrected chi connectivity index (χ1v) is 6.55. The van der Waals surface area contributed by atoms with Gasteiger partial charge in [-0.15, -0.1) is 0 Å². The van der Waals surface area contributed by atoms with E-state index in [2.05, 4.69) is 6.07 Å². The van der Waals surface area contributed by atoms with E-state index in [1.807, 2.05) is 32.0 Å². The summed E-state index contributed by atoms with van der Waals surface area (Å²) in [7, 11) is 0. The topological polar surface area (TPSA) is 46.2 Å². The molecule has 2 rings (SSSR count). The van der Waals surface area contributed by atoms with Gasteiger partial charge in [0.05, 0.1) is 5.60 Å². The summed E-state index contributed by atoms with van der Waals surface area (Å²) in [4.78, 5) is 0. The second kappa shape index (κ2) is 4.43. The lowest BCUT2D eigenvalue weighted by molar-refractivity contribution is 0.0753. The summed E-state index contributed by atoms with van der Waals surface area (Å²) >= 11 is 0. The van der Waals surface area contributed by atoms with E-state index in [4.69, 9.17) is 5.73 Å². The molecular weight excluding hydrogens is 210 g/mol. The molecule has 0 heterocycles. The van der Waals surface area contributed by atoms with E-state index in [1.54, 1.807) is 0 Å². The molecular formula is C15H23NO. The molecule has 0 saturated heterocycles. The summed E-state index contributed by atoms with van der Waals surface area (Å²) in [6.07, 6.45) is 5.72. The first-order valence-electron chi connectivity index (χ1n) is 6.55. The number of aliphatic hydroxyl groups is 1. The molecule has 1 fully saturated rings. The van der Waals surface area contributed by atoms with E-state index in [0.717, 1.165) is 24.0 Å². The van der Waals surface area contributed by atoms with Crippen molar-refractivity contribution in [2.75, 3.05) is 0 Å². The van der Waals surface area contributed by atoms with Gasteiger partial charge in [-0.2, -0.15) is 0 Å². The molecule has 2 heteroatoms. The van der Waals surface area contributed by atoms with E-state index < -0.39 is 5.60 Å². The summed E-state index contributed by atoms with van der Waals surface area (Å²) in [6.45, 7) is 3.66. The van der Waals surface area contributed by atoms with Crippen molar-refractivity contribution in [1.82, 2.24) is 0 Å². The Hall–Kier alpha value is -0.860. The van der Waals surface area contributed by atoms with Crippen LogP contribution in [0.5, 0.6) is 0 Å². The molecule has 0 atom stereocenters. The number of rotatable bonds is 2. The van der Waals surface area contributed by atoms with Gasteiger partial charge in [-0.05, 0) is 37.8 Å². The van der Waals surface area contributed by atoms with Gasteiger partial charge in [0.1, 0.15) is 0 Å². The fourth-order valence-corrected chi connectivity index (χ4v) is 2.90. The van der Waals surface area contributed by atoms with Crippen molar-refractivity contribution in [2.24, 2.45) is 5.73 Å². The molecule has 2 nitrogen and oxygen atoms in total. The van der Waals surface area contributed by atoms with Crippen molar-refractivity contribution in [3.63, 3.8) is 0 Å². The normalized spacial score (nSPS) is 20.2. The fraction of sp³-hybridized carbons (Fsp3) is 0.600. The molecule has 0 bridgehead atoms. The Balaban J connectivity index is 2.44. The van der Waals surface area contributed by atoms with Gasteiger partial charge in [-0.1, -0.05) is 43.5 Å². The van der Waals surface area contributed by atoms with Crippen LogP contribution < -0.4 is 5.73 Å². The van der Waals surface area contributed by atoms with Crippen LogP contribution in [-0.4, -0.2) is 5.11 Å². The molecule has 0 amide bonds. The van der Waals surface area contributed by atoms with Gasteiger partial charge in [0, 0.05) is 5.54 Å². The van der Waals surface area contributed by atoms with Crippen molar-refractivity contribution in [2.45, 2.75) is 57.1 Å². The number of benzene rings is 1. The Kier molecular flexibility index (Phi) is 3.28. The number of hydrogen-bond acceptors (Lipinski definition) is 2. The van der Waals surface area contributed by atoms with Crippen molar-refractivity contribution in [3.05, 3.63) is 35.4 Å². The highest BCUT2D eigenvalue weighted by Crippen LogP contribution is 2.39. The smallest absolute Gasteiger partial charge is 0.0843 e. The lowest BCUT2D eigenvalue weighted by atomic mass is 9.73. The summed E-state index contributed by atoms with van der Waals surface area (Å²) in [5.74, 6) is 0. The van der Waals surface area contributed by atoms with Crippen molar-refractivity contribution < 1.29 is 5.11 Å². The van der Waals surface area contributed by atoms with Crippen LogP contribution >= 0.6 is 0 Å². The Bertz CT molecular complexity index is 386. The second-order valence-electron chi connectivity index (χ2n) is 5.82. The van der Waals surface area contributed by atoms with E-state index >= 15 is 0 Å². The van der Waals surface area contributed by atoms with Gasteiger partial charge >= 0.3 is 0 Å². The maximum atomic E-state index is 10.3. The monoisotopic (exact) mass is 233 g/mol. The predicted octanol–water partition coefficient (Wildman–Crippen LogP) is 3.03. The second-order valence-corrected chi connectivity index (χ2v) is 5.82. The van der Waals surface area contributed by atoms with Gasteiger partial charge in [0.25, 0.3) is 0 Å². The fourth-order valence-electron chi connectivity index (χ4n) is 2.90. The number of hydrogen-bond donors (Lipinski definition) is 2. The molecule has 3 N–H and O–H groups in total. The highest BCUT2D eigenvalue weighted by Gasteiger charge is 2.34. The summed E-state index contributed by atoms with van der Waals surface area (Å²) in [5.41, 5.74) is 7.61. The number of nitrogens with two attached hydrogens (primary N) is 1. The molecule has 1 aromatic rings. The van der Waals surface area contributed by atoms with Crippen molar-refractivity contribution in [1.29, 1.82) is 0 Å². The predicted molar refractivity (Wildman–Crippen MR) is 70.6 cm³/mol. The van der Waals surface area contributed by atoms with E-state index in [9.17, 15) is 5.11 Å². The average Bonchev–Trinajstić information content (AvgIpc) is 2.29. The Morgan fingerprint density at radius 2 is 1.71 bits per heavy atom. The van der Waals surface area contributed by atoms with Crippen LogP contribution in [0.4, 0.5) is 0 Å². The van der Waals surface area contributed by atoms with Gasteiger partial charge in [0.2, 0.25) is 0 Å². The highest BCUT2D eigenvalue weighted by atomic mass is 16.3. The molecule has 17 heavy (non-hydrogen) atoms. The van der Waals surface area contributed by atoms with Crippen molar-refractivity contribution >= 4 is 0 Å². The standard InChI is InChI=1S/C15H23NO/c1-14(2,17)12-8-4-5-9-13(12)15(16)10-6-3-7-11-15/h4-5,8-9,17H,3,6-7,10-11,16H2,1-2H3. The van der Waals surface area contributed by atoms with Crippen LogP contribution in [0, 0.1) is 0 Å². The van der Waals surface area contributed by atoms with Crippen LogP contribution in [-0.2, 0) is 11.1 Å². The highest BCUT2D eigenvalue weighted by molar-refractivity contribution is 5.37. The molecule has 0 radical (unpaired) electrons. The zero-order valence-electron chi connectivity index (χ0n) is 10.9. The van der Waals surface area contributed by atoms with Gasteiger partial charge in [-0.25, -0.2) is 0 Å². The SMILES string of the molecule is CC(C)(O)c1ccccc1C1(N)CCCCC1. The zero-order chi connectivity index (χ0) is 12.5. The van der Waals surface area contributed by atoms with E-state index in [1.165, 1.54) is 19.3 Å². The average molecular weight is 233 g/mol. The lowest BCUT2D eigenvalue weighted by Crippen LogP contribution is -2.41. The third-order valence-electron chi connectivity index (χ3n) is 3.87. The maximum absolute atomic E-state index is 10.3. The summed E-state index contributed by atoms with van der Waals surface area (Å²) in [6, 6.07) is 8.08. The van der Waals surface area contributed by atoms with Crippen molar-refractivity contribution in [3.8, 4) is 0 Å². The summed E-state index contributed by atoms with van der Waals surface area (Å²) in [5, 5.41) is 10.3. The molecule has 0 aromatic heterocycles. The molecule has 0 spiro atoms. The van der Waals surface area contributed by atoms with Crippen LogP contribution in [0.15, 0.2) is 24.3 Å². The quantitative estimate of drug-likeness (QED) is 0.824. The zero-order valence-corrected chi connectivity index (χ0v) is 10.9. The Morgan fingerprint density at radius 3 is 2.29 bits per heavy atom. The van der Waals surface area contributed by atoms with Crippen LogP contribution in [0.25, 0.3) is 0 Å². The first-order chi connectivity index (χ1) is 7.93. The van der Waals surface area contributed by atoms with Gasteiger partial charge < -0.3 is 10.8 Å². The molecule has 1 aromatic carbocycles. The van der Waals surface area contributed by atoms with Crippen LogP contribution in [0.3, 0.4) is 0 Å². The Morgan fingerprint density at radius 1 is 1.12 bits per heavy atom. The third-order valence-corrected chi connectivity index (χ3v) is 3.87. The van der Waals surface area contributed by atoms with E-state index in [0.29, 0.717) is 0 Å². The minimum absolute atomic E-state index is 0.241. The molecule has 1 aliphatic rings. The van der Waals surface area contributed by atoms with Gasteiger partial charge in [0.15, 0.2) is 0 Å². The molecule has 1 saturated carbocycles. The molecule has 94 valence electrons. The largest absolute Gasteiger partial charge is 0.386 e. The first kappa shape index (κ1) is 12.6. The summed E-state index contributed by atoms with van der Waals surface area (Å²) < 4.78 is 0. The van der Waals surface area contributed by atoms with Crippen LogP contribution in [0.1, 0.15) is 57.1 Å². The minimum atomic E-state index is -0.819. The van der Waals surface area contributed by atoms with E-state index in [-0.39, 0.29) is 5.54 Å². The Labute approximate surface area is 104 Å².